The summed E-state index contributed by atoms with van der Waals surface area (Å²) in [4.78, 5) is 25.5. The Hall–Kier alpha value is -1.84. The second kappa shape index (κ2) is 6.55. The van der Waals surface area contributed by atoms with E-state index in [0.717, 1.165) is 5.56 Å². The summed E-state index contributed by atoms with van der Waals surface area (Å²) in [5.74, 6) is -1.42. The lowest BCUT2D eigenvalue weighted by molar-refractivity contribution is -0.157. The fourth-order valence-corrected chi connectivity index (χ4v) is 2.37. The van der Waals surface area contributed by atoms with Crippen LogP contribution in [0, 0.1) is 0 Å². The summed E-state index contributed by atoms with van der Waals surface area (Å²) in [7, 11) is 0. The number of carbonyl (C=O) groups is 2. The van der Waals surface area contributed by atoms with Gasteiger partial charge in [-0.3, -0.25) is 4.79 Å². The summed E-state index contributed by atoms with van der Waals surface area (Å²) in [6.45, 7) is 7.25. The molecule has 0 heterocycles. The summed E-state index contributed by atoms with van der Waals surface area (Å²) in [5, 5.41) is 9.32. The number of carboxylic acids is 1. The molecule has 110 valence electrons. The maximum Gasteiger partial charge on any atom is 0.329 e. The van der Waals surface area contributed by atoms with Crippen LogP contribution >= 0.6 is 0 Å². The average molecular weight is 277 g/mol. The van der Waals surface area contributed by atoms with Crippen LogP contribution < -0.4 is 0 Å². The van der Waals surface area contributed by atoms with Crippen LogP contribution in [0.25, 0.3) is 0 Å². The fourth-order valence-electron chi connectivity index (χ4n) is 2.37. The molecule has 0 bridgehead atoms. The summed E-state index contributed by atoms with van der Waals surface area (Å²) in [6.07, 6.45) is 0.648. The van der Waals surface area contributed by atoms with Crippen LogP contribution in [0.5, 0.6) is 0 Å². The van der Waals surface area contributed by atoms with Crippen molar-refractivity contribution in [2.75, 3.05) is 6.54 Å². The fraction of sp³-hybridized carbons (Fsp3) is 0.500. The first-order valence-corrected chi connectivity index (χ1v) is 6.96. The number of hydrogen-bond acceptors (Lipinski definition) is 2. The van der Waals surface area contributed by atoms with Crippen LogP contribution in [0.1, 0.15) is 45.6 Å². The van der Waals surface area contributed by atoms with Gasteiger partial charge < -0.3 is 10.0 Å². The van der Waals surface area contributed by atoms with Gasteiger partial charge in [-0.1, -0.05) is 37.3 Å². The Kier molecular flexibility index (Phi) is 5.31. The monoisotopic (exact) mass is 277 g/mol. The molecular formula is C16H23NO3. The lowest BCUT2D eigenvalue weighted by Gasteiger charge is -2.36. The highest BCUT2D eigenvalue weighted by Crippen LogP contribution is 2.26. The summed E-state index contributed by atoms with van der Waals surface area (Å²) in [6, 6.07) is 9.51. The normalized spacial score (nSPS) is 12.8. The minimum absolute atomic E-state index is 0.131. The second-order valence-corrected chi connectivity index (χ2v) is 5.32. The molecule has 0 fully saturated rings. The third kappa shape index (κ3) is 3.18. The first-order chi connectivity index (χ1) is 9.36. The van der Waals surface area contributed by atoms with Gasteiger partial charge in [0.2, 0.25) is 5.91 Å². The zero-order valence-corrected chi connectivity index (χ0v) is 12.6. The van der Waals surface area contributed by atoms with Crippen molar-refractivity contribution in [2.45, 2.75) is 45.6 Å². The Balaban J connectivity index is 3.09. The van der Waals surface area contributed by atoms with Crippen LogP contribution in [0.4, 0.5) is 0 Å². The Labute approximate surface area is 120 Å². The van der Waals surface area contributed by atoms with Gasteiger partial charge in [0.25, 0.3) is 0 Å². The Morgan fingerprint density at radius 1 is 1.20 bits per heavy atom. The lowest BCUT2D eigenvalue weighted by Crippen LogP contribution is -2.54. The third-order valence-corrected chi connectivity index (χ3v) is 3.69. The number of hydrogen-bond donors (Lipinski definition) is 1. The molecule has 1 aromatic rings. The van der Waals surface area contributed by atoms with Crippen molar-refractivity contribution in [2.24, 2.45) is 0 Å². The molecule has 0 saturated heterocycles. The second-order valence-electron chi connectivity index (χ2n) is 5.32. The first-order valence-electron chi connectivity index (χ1n) is 6.96. The van der Waals surface area contributed by atoms with E-state index in [1.807, 2.05) is 37.3 Å². The molecule has 0 aliphatic carbocycles. The molecule has 0 aromatic heterocycles. The topological polar surface area (TPSA) is 57.6 Å². The number of nitrogens with zero attached hydrogens (tertiary/aromatic N) is 1. The Morgan fingerprint density at radius 3 is 2.15 bits per heavy atom. The minimum atomic E-state index is -1.20. The molecule has 1 aromatic carbocycles. The number of carboxylic acid groups (broad SMARTS) is 1. The van der Waals surface area contributed by atoms with Crippen LogP contribution in [-0.4, -0.2) is 34.0 Å². The van der Waals surface area contributed by atoms with Crippen molar-refractivity contribution in [1.82, 2.24) is 4.90 Å². The molecule has 0 aliphatic rings. The molecule has 1 rings (SSSR count). The summed E-state index contributed by atoms with van der Waals surface area (Å²) >= 11 is 0. The maximum atomic E-state index is 12.7. The summed E-state index contributed by atoms with van der Waals surface area (Å²) < 4.78 is 0. The van der Waals surface area contributed by atoms with Crippen molar-refractivity contribution >= 4 is 11.9 Å². The van der Waals surface area contributed by atoms with Gasteiger partial charge in [0.05, 0.1) is 5.92 Å². The lowest BCUT2D eigenvalue weighted by atomic mass is 9.92. The molecule has 1 atom stereocenters. The van der Waals surface area contributed by atoms with Crippen LogP contribution in [0.2, 0.25) is 0 Å². The molecule has 0 saturated carbocycles. The van der Waals surface area contributed by atoms with Gasteiger partial charge in [-0.15, -0.1) is 0 Å². The SMILES string of the molecule is CCC(C(=O)N(CC)C(C)(C)C(=O)O)c1ccccc1. The van der Waals surface area contributed by atoms with Gasteiger partial charge in [-0.05, 0) is 32.8 Å². The number of amides is 1. The van der Waals surface area contributed by atoms with Crippen LogP contribution in [-0.2, 0) is 9.59 Å². The van der Waals surface area contributed by atoms with E-state index < -0.39 is 11.5 Å². The zero-order chi connectivity index (χ0) is 15.3. The highest BCUT2D eigenvalue weighted by atomic mass is 16.4. The molecule has 4 nitrogen and oxygen atoms in total. The first kappa shape index (κ1) is 16.2. The van der Waals surface area contributed by atoms with Crippen molar-refractivity contribution in [1.29, 1.82) is 0 Å². The number of carbonyl (C=O) groups excluding carboxylic acids is 1. The quantitative estimate of drug-likeness (QED) is 0.869. The van der Waals surface area contributed by atoms with Gasteiger partial charge >= 0.3 is 5.97 Å². The minimum Gasteiger partial charge on any atom is -0.480 e. The van der Waals surface area contributed by atoms with Crippen molar-refractivity contribution in [3.63, 3.8) is 0 Å². The van der Waals surface area contributed by atoms with E-state index >= 15 is 0 Å². The molecule has 0 aliphatic heterocycles. The molecule has 0 spiro atoms. The Bertz CT molecular complexity index is 468. The van der Waals surface area contributed by atoms with Gasteiger partial charge in [-0.2, -0.15) is 0 Å². The molecule has 1 amide bonds. The standard InChI is InChI=1S/C16H23NO3/c1-5-13(12-10-8-7-9-11-12)14(18)17(6-2)16(3,4)15(19)20/h7-11,13H,5-6H2,1-4H3,(H,19,20). The highest BCUT2D eigenvalue weighted by Gasteiger charge is 2.39. The van der Waals surface area contributed by atoms with Gasteiger partial charge in [-0.25, -0.2) is 4.79 Å². The number of aliphatic carboxylic acids is 1. The van der Waals surface area contributed by atoms with Crippen LogP contribution in [0.3, 0.4) is 0 Å². The van der Waals surface area contributed by atoms with E-state index in [-0.39, 0.29) is 11.8 Å². The largest absolute Gasteiger partial charge is 0.480 e. The molecule has 1 unspecified atom stereocenters. The highest BCUT2D eigenvalue weighted by molar-refractivity contribution is 5.90. The molecular weight excluding hydrogens is 254 g/mol. The zero-order valence-electron chi connectivity index (χ0n) is 12.6. The van der Waals surface area contributed by atoms with E-state index in [0.29, 0.717) is 13.0 Å². The predicted molar refractivity (Wildman–Crippen MR) is 78.6 cm³/mol. The van der Waals surface area contributed by atoms with Gasteiger partial charge in [0.15, 0.2) is 0 Å². The average Bonchev–Trinajstić information content (AvgIpc) is 2.41. The van der Waals surface area contributed by atoms with Crippen LogP contribution in [0.15, 0.2) is 30.3 Å². The van der Waals surface area contributed by atoms with E-state index in [9.17, 15) is 14.7 Å². The molecule has 0 radical (unpaired) electrons. The molecule has 1 N–H and O–H groups in total. The van der Waals surface area contributed by atoms with Crippen molar-refractivity contribution in [3.05, 3.63) is 35.9 Å². The number of rotatable bonds is 6. The van der Waals surface area contributed by atoms with E-state index in [2.05, 4.69) is 0 Å². The molecule has 4 heteroatoms. The predicted octanol–water partition coefficient (Wildman–Crippen LogP) is 2.89. The van der Waals surface area contributed by atoms with E-state index in [4.69, 9.17) is 0 Å². The van der Waals surface area contributed by atoms with Gasteiger partial charge in [0.1, 0.15) is 5.54 Å². The summed E-state index contributed by atoms with van der Waals surface area (Å²) in [5.41, 5.74) is -0.270. The van der Waals surface area contributed by atoms with Crippen molar-refractivity contribution in [3.8, 4) is 0 Å². The van der Waals surface area contributed by atoms with E-state index in [1.165, 1.54) is 4.90 Å². The molecule has 20 heavy (non-hydrogen) atoms. The maximum absolute atomic E-state index is 12.7. The number of benzene rings is 1. The smallest absolute Gasteiger partial charge is 0.329 e. The third-order valence-electron chi connectivity index (χ3n) is 3.69. The van der Waals surface area contributed by atoms with E-state index in [1.54, 1.807) is 20.8 Å². The van der Waals surface area contributed by atoms with Gasteiger partial charge in [0, 0.05) is 6.54 Å². The van der Waals surface area contributed by atoms with Crippen molar-refractivity contribution < 1.29 is 14.7 Å². The Morgan fingerprint density at radius 2 is 1.75 bits per heavy atom. The number of likely N-dealkylation sites (N-methyl/N-ethyl adjacent to an activating group) is 1.